The molecule has 0 aliphatic rings. The van der Waals surface area contributed by atoms with Gasteiger partial charge in [0.15, 0.2) is 0 Å². The SMILES string of the molecule is CCCCCCCCCCCCCCCCCCCCCCCCCCCCCCCCCCCCCC(=O)NC(COP(=O)([O-])OCC[N+](C)(C)C)C(O)CCCCCCCCCCCCCCCCCCCCCCCCCCC. The number of phosphoric acid groups is 1. The van der Waals surface area contributed by atoms with Crippen molar-refractivity contribution in [3.63, 3.8) is 0 Å². The van der Waals surface area contributed by atoms with Crippen molar-refractivity contribution in [3.05, 3.63) is 0 Å². The predicted octanol–water partition coefficient (Wildman–Crippen LogP) is 23.3. The number of rotatable bonds is 71. The number of carbonyl (C=O) groups is 1. The molecular formula is C73H149N2O6P. The van der Waals surface area contributed by atoms with E-state index in [1.807, 2.05) is 21.1 Å². The molecule has 0 aromatic rings. The molecule has 0 aliphatic carbocycles. The highest BCUT2D eigenvalue weighted by molar-refractivity contribution is 7.45. The summed E-state index contributed by atoms with van der Waals surface area (Å²) in [5, 5.41) is 14.1. The third kappa shape index (κ3) is 67.0. The van der Waals surface area contributed by atoms with Crippen LogP contribution >= 0.6 is 7.82 Å². The summed E-state index contributed by atoms with van der Waals surface area (Å²) in [6.45, 7) is 4.81. The Labute approximate surface area is 514 Å². The standard InChI is InChI=1S/C73H149N2O6P/c1-6-8-10-12-14-16-18-20-22-24-26-28-30-32-33-34-35-36-37-38-39-40-41-43-45-47-49-51-53-55-57-59-61-63-65-67-73(77)74-71(70-81-82(78,79)80-69-68-75(3,4)5)72(76)66-64-62-60-58-56-54-52-50-48-46-44-42-31-29-27-25-23-21-19-17-15-13-11-9-7-2/h71-72,76H,6-70H2,1-5H3,(H-,74,77,78,79). The lowest BCUT2D eigenvalue weighted by Gasteiger charge is -2.30. The van der Waals surface area contributed by atoms with Gasteiger partial charge in [-0.25, -0.2) is 0 Å². The largest absolute Gasteiger partial charge is 0.756 e. The van der Waals surface area contributed by atoms with Gasteiger partial charge in [-0.3, -0.25) is 9.36 Å². The first-order valence-corrected chi connectivity index (χ1v) is 38.8. The van der Waals surface area contributed by atoms with Crippen molar-refractivity contribution < 1.29 is 32.9 Å². The van der Waals surface area contributed by atoms with Crippen molar-refractivity contribution in [1.82, 2.24) is 5.32 Å². The van der Waals surface area contributed by atoms with Gasteiger partial charge in [-0.2, -0.15) is 0 Å². The number of phosphoric ester groups is 1. The molecule has 0 fully saturated rings. The van der Waals surface area contributed by atoms with Gasteiger partial charge < -0.3 is 28.8 Å². The van der Waals surface area contributed by atoms with E-state index in [1.165, 1.54) is 347 Å². The van der Waals surface area contributed by atoms with Crippen LogP contribution in [0.3, 0.4) is 0 Å². The Bertz CT molecular complexity index is 1300. The van der Waals surface area contributed by atoms with Gasteiger partial charge >= 0.3 is 0 Å². The van der Waals surface area contributed by atoms with Crippen LogP contribution in [0.25, 0.3) is 0 Å². The number of hydrogen-bond acceptors (Lipinski definition) is 6. The minimum Gasteiger partial charge on any atom is -0.756 e. The van der Waals surface area contributed by atoms with Crippen molar-refractivity contribution in [3.8, 4) is 0 Å². The normalized spacial score (nSPS) is 13.5. The van der Waals surface area contributed by atoms with Gasteiger partial charge in [-0.05, 0) is 12.8 Å². The quantitative estimate of drug-likeness (QED) is 0.0357. The van der Waals surface area contributed by atoms with Crippen LogP contribution in [0, 0.1) is 0 Å². The number of nitrogens with zero attached hydrogens (tertiary/aromatic N) is 1. The average molecular weight is 1180 g/mol. The van der Waals surface area contributed by atoms with Crippen molar-refractivity contribution in [2.45, 2.75) is 424 Å². The molecule has 8 nitrogen and oxygen atoms in total. The smallest absolute Gasteiger partial charge is 0.268 e. The van der Waals surface area contributed by atoms with Crippen LogP contribution < -0.4 is 10.2 Å². The molecule has 3 atom stereocenters. The summed E-state index contributed by atoms with van der Waals surface area (Å²) in [5.41, 5.74) is 0. The predicted molar refractivity (Wildman–Crippen MR) is 358 cm³/mol. The zero-order valence-electron chi connectivity index (χ0n) is 56.5. The summed E-state index contributed by atoms with van der Waals surface area (Å²) in [7, 11) is 1.33. The molecule has 0 saturated carbocycles. The van der Waals surface area contributed by atoms with E-state index in [1.54, 1.807) is 0 Å². The minimum atomic E-state index is -4.58. The van der Waals surface area contributed by atoms with Crippen molar-refractivity contribution in [1.29, 1.82) is 0 Å². The van der Waals surface area contributed by atoms with Gasteiger partial charge in [0, 0.05) is 6.42 Å². The van der Waals surface area contributed by atoms with Gasteiger partial charge in [0.25, 0.3) is 7.82 Å². The lowest BCUT2D eigenvalue weighted by molar-refractivity contribution is -0.870. The van der Waals surface area contributed by atoms with Gasteiger partial charge in [0.1, 0.15) is 13.2 Å². The van der Waals surface area contributed by atoms with Crippen molar-refractivity contribution in [2.75, 3.05) is 40.9 Å². The van der Waals surface area contributed by atoms with E-state index >= 15 is 0 Å². The lowest BCUT2D eigenvalue weighted by atomic mass is 10.0. The number of nitrogens with one attached hydrogen (secondary N) is 1. The second-order valence-electron chi connectivity index (χ2n) is 27.4. The van der Waals surface area contributed by atoms with Gasteiger partial charge in [-0.1, -0.05) is 393 Å². The minimum absolute atomic E-state index is 0.0170. The van der Waals surface area contributed by atoms with E-state index in [-0.39, 0.29) is 19.1 Å². The van der Waals surface area contributed by atoms with Gasteiger partial charge in [-0.15, -0.1) is 0 Å². The van der Waals surface area contributed by atoms with Crippen molar-refractivity contribution in [2.24, 2.45) is 0 Å². The van der Waals surface area contributed by atoms with Crippen LogP contribution in [-0.4, -0.2) is 68.5 Å². The number of aliphatic hydroxyl groups excluding tert-OH is 1. The number of amides is 1. The molecule has 0 rings (SSSR count). The fourth-order valence-corrected chi connectivity index (χ4v) is 12.8. The van der Waals surface area contributed by atoms with Gasteiger partial charge in [0.05, 0.1) is 39.9 Å². The highest BCUT2D eigenvalue weighted by Gasteiger charge is 2.24. The number of quaternary nitrogens is 1. The molecule has 0 radical (unpaired) electrons. The lowest BCUT2D eigenvalue weighted by Crippen LogP contribution is -2.46. The van der Waals surface area contributed by atoms with E-state index in [0.29, 0.717) is 23.9 Å². The maximum absolute atomic E-state index is 13.1. The summed E-state index contributed by atoms with van der Waals surface area (Å²) < 4.78 is 23.6. The second kappa shape index (κ2) is 65.0. The molecule has 0 aromatic heterocycles. The molecule has 82 heavy (non-hydrogen) atoms. The summed E-state index contributed by atoms with van der Waals surface area (Å²) >= 11 is 0. The Hall–Kier alpha value is -0.500. The molecular weight excluding hydrogens is 1030 g/mol. The Kier molecular flexibility index (Phi) is 64.6. The molecule has 0 saturated heterocycles. The van der Waals surface area contributed by atoms with Crippen LogP contribution in [0.15, 0.2) is 0 Å². The zero-order chi connectivity index (χ0) is 59.8. The number of likely N-dealkylation sites (N-methyl/N-ethyl adjacent to an activating group) is 1. The summed E-state index contributed by atoms with van der Waals surface area (Å²) in [5.74, 6) is -0.153. The third-order valence-electron chi connectivity index (χ3n) is 17.8. The van der Waals surface area contributed by atoms with E-state index < -0.39 is 20.0 Å². The first kappa shape index (κ1) is 81.5. The topological polar surface area (TPSA) is 108 Å². The Balaban J connectivity index is 3.91. The zero-order valence-corrected chi connectivity index (χ0v) is 57.4. The van der Waals surface area contributed by atoms with Crippen LogP contribution in [-0.2, 0) is 18.4 Å². The van der Waals surface area contributed by atoms with E-state index in [4.69, 9.17) is 9.05 Å². The second-order valence-corrected chi connectivity index (χ2v) is 28.8. The molecule has 492 valence electrons. The van der Waals surface area contributed by atoms with Crippen LogP contribution in [0.2, 0.25) is 0 Å². The highest BCUT2D eigenvalue weighted by atomic mass is 31.2. The fourth-order valence-electron chi connectivity index (χ4n) is 12.0. The summed E-state index contributed by atoms with van der Waals surface area (Å²) in [6, 6.07) is -0.797. The number of hydrogen-bond donors (Lipinski definition) is 2. The van der Waals surface area contributed by atoms with Crippen LogP contribution in [0.4, 0.5) is 0 Å². The third-order valence-corrected chi connectivity index (χ3v) is 18.8. The molecule has 2 N–H and O–H groups in total. The molecule has 1 amide bonds. The first-order chi connectivity index (χ1) is 40.0. The van der Waals surface area contributed by atoms with E-state index in [2.05, 4.69) is 19.2 Å². The molecule has 0 aromatic carbocycles. The Morgan fingerprint density at radius 1 is 0.378 bits per heavy atom. The van der Waals surface area contributed by atoms with Crippen LogP contribution in [0.1, 0.15) is 412 Å². The fraction of sp³-hybridized carbons (Fsp3) is 0.986. The highest BCUT2D eigenvalue weighted by Crippen LogP contribution is 2.38. The molecule has 3 unspecified atom stereocenters. The summed E-state index contributed by atoms with van der Waals surface area (Å²) in [6.07, 6.45) is 82.1. The van der Waals surface area contributed by atoms with Crippen LogP contribution in [0.5, 0.6) is 0 Å². The Morgan fingerprint density at radius 2 is 0.598 bits per heavy atom. The average Bonchev–Trinajstić information content (AvgIpc) is 3.45. The number of carbonyl (C=O) groups excluding carboxylic acids is 1. The van der Waals surface area contributed by atoms with E-state index in [9.17, 15) is 19.4 Å². The molecule has 0 heterocycles. The number of unbranched alkanes of at least 4 members (excludes halogenated alkanes) is 58. The van der Waals surface area contributed by atoms with E-state index in [0.717, 1.165) is 38.5 Å². The molecule has 0 aliphatic heterocycles. The summed E-state index contributed by atoms with van der Waals surface area (Å²) in [4.78, 5) is 25.7. The maximum Gasteiger partial charge on any atom is 0.268 e. The van der Waals surface area contributed by atoms with Crippen molar-refractivity contribution >= 4 is 13.7 Å². The molecule has 0 spiro atoms. The monoisotopic (exact) mass is 1180 g/mol. The first-order valence-electron chi connectivity index (χ1n) is 37.4. The molecule has 0 bridgehead atoms. The maximum atomic E-state index is 13.1. The number of aliphatic hydroxyl groups is 1. The molecule has 9 heteroatoms. The Morgan fingerprint density at radius 3 is 0.829 bits per heavy atom. The van der Waals surface area contributed by atoms with Gasteiger partial charge in [0.2, 0.25) is 5.91 Å².